The number of rotatable bonds is 4. The molecule has 3 fully saturated rings. The van der Waals surface area contributed by atoms with Crippen LogP contribution in [0.3, 0.4) is 0 Å². The lowest BCUT2D eigenvalue weighted by atomic mass is 9.47. The molecule has 0 bridgehead atoms. The number of aryl methyl sites for hydroxylation is 2. The Bertz CT molecular complexity index is 845. The first-order valence-corrected chi connectivity index (χ1v) is 13.1. The summed E-state index contributed by atoms with van der Waals surface area (Å²) in [5, 5.41) is 10.2. The summed E-state index contributed by atoms with van der Waals surface area (Å²) in [6.45, 7) is 9.85. The Balaban J connectivity index is 1.31. The summed E-state index contributed by atoms with van der Waals surface area (Å²) in [4.78, 5) is 4.75. The van der Waals surface area contributed by atoms with Gasteiger partial charge in [-0.3, -0.25) is 4.98 Å². The first-order valence-electron chi connectivity index (χ1n) is 13.1. The summed E-state index contributed by atoms with van der Waals surface area (Å²) in [6.07, 6.45) is 15.0. The average Bonchev–Trinajstić information content (AvgIpc) is 3.10. The first kappa shape index (κ1) is 21.7. The quantitative estimate of drug-likeness (QED) is 0.536. The summed E-state index contributed by atoms with van der Waals surface area (Å²) < 4.78 is 0. The van der Waals surface area contributed by atoms with Crippen molar-refractivity contribution >= 4 is 0 Å². The molecular formula is C29H43NO. The molecule has 0 aromatic carbocycles. The van der Waals surface area contributed by atoms with Crippen molar-refractivity contribution in [2.45, 2.75) is 98.0 Å². The van der Waals surface area contributed by atoms with E-state index in [2.05, 4.69) is 52.0 Å². The van der Waals surface area contributed by atoms with Gasteiger partial charge in [-0.1, -0.05) is 38.5 Å². The van der Waals surface area contributed by atoms with E-state index < -0.39 is 0 Å². The molecule has 0 aliphatic heterocycles. The van der Waals surface area contributed by atoms with E-state index in [0.717, 1.165) is 54.5 Å². The van der Waals surface area contributed by atoms with Gasteiger partial charge < -0.3 is 5.11 Å². The van der Waals surface area contributed by atoms with Crippen LogP contribution in [0.25, 0.3) is 0 Å². The average molecular weight is 422 g/mol. The fraction of sp³-hybridized carbons (Fsp3) is 0.759. The van der Waals surface area contributed by atoms with Crippen LogP contribution in [0, 0.1) is 47.3 Å². The Morgan fingerprint density at radius 3 is 2.74 bits per heavy atom. The van der Waals surface area contributed by atoms with Crippen molar-refractivity contribution in [2.75, 3.05) is 0 Å². The molecule has 170 valence electrons. The summed E-state index contributed by atoms with van der Waals surface area (Å²) in [5.41, 5.74) is 4.91. The largest absolute Gasteiger partial charge is 0.393 e. The lowest BCUT2D eigenvalue weighted by molar-refractivity contribution is -0.0571. The van der Waals surface area contributed by atoms with Crippen molar-refractivity contribution in [1.29, 1.82) is 0 Å². The standard InChI is InChI=1S/C29H43NO/c1-19(8-10-22-7-5-6-20(2)30-22)25-12-13-26-24-11-9-21-18-23(31)14-16-28(21,3)27(24)15-17-29(25,26)4/h5-7,9,19,23-27,31H,8,10-18H2,1-4H3/t19-,23+,24+,25-,26+,27+,28+,29-/m1/s1. The minimum absolute atomic E-state index is 0.0932. The summed E-state index contributed by atoms with van der Waals surface area (Å²) in [6, 6.07) is 6.47. The molecule has 0 saturated heterocycles. The molecule has 0 radical (unpaired) electrons. The SMILES string of the molecule is Cc1cccc(CC[C@@H](C)[C@H]2CC[C@H]3[C@@H]4CC=C5C[C@@H](O)CC[C@]5(C)[C@H]4CC[C@]23C)n1. The van der Waals surface area contributed by atoms with E-state index in [-0.39, 0.29) is 6.10 Å². The van der Waals surface area contributed by atoms with Gasteiger partial charge in [0.15, 0.2) is 0 Å². The molecule has 2 heteroatoms. The Labute approximate surface area is 189 Å². The van der Waals surface area contributed by atoms with E-state index >= 15 is 0 Å². The molecule has 1 aromatic rings. The zero-order valence-electron chi connectivity index (χ0n) is 20.2. The van der Waals surface area contributed by atoms with E-state index in [1.54, 1.807) is 5.57 Å². The van der Waals surface area contributed by atoms with E-state index in [4.69, 9.17) is 4.98 Å². The lowest BCUT2D eigenvalue weighted by Gasteiger charge is -2.58. The molecule has 0 unspecified atom stereocenters. The minimum atomic E-state index is -0.0932. The van der Waals surface area contributed by atoms with Crippen LogP contribution in [-0.2, 0) is 6.42 Å². The highest BCUT2D eigenvalue weighted by Crippen LogP contribution is 2.67. The molecule has 3 saturated carbocycles. The minimum Gasteiger partial charge on any atom is -0.393 e. The van der Waals surface area contributed by atoms with E-state index in [1.807, 2.05) is 0 Å². The highest BCUT2D eigenvalue weighted by Gasteiger charge is 2.59. The molecule has 4 aliphatic rings. The van der Waals surface area contributed by atoms with Crippen LogP contribution >= 0.6 is 0 Å². The zero-order valence-corrected chi connectivity index (χ0v) is 20.2. The van der Waals surface area contributed by atoms with Crippen LogP contribution in [-0.4, -0.2) is 16.2 Å². The van der Waals surface area contributed by atoms with Crippen molar-refractivity contribution in [3.63, 3.8) is 0 Å². The van der Waals surface area contributed by atoms with Crippen LogP contribution < -0.4 is 0 Å². The molecule has 8 atom stereocenters. The van der Waals surface area contributed by atoms with Crippen LogP contribution in [0.15, 0.2) is 29.8 Å². The van der Waals surface area contributed by atoms with Crippen LogP contribution in [0.5, 0.6) is 0 Å². The van der Waals surface area contributed by atoms with Gasteiger partial charge in [0.05, 0.1) is 6.10 Å². The normalized spacial score (nSPS) is 42.9. The Hall–Kier alpha value is -1.15. The van der Waals surface area contributed by atoms with Gasteiger partial charge in [-0.05, 0) is 124 Å². The number of aromatic nitrogens is 1. The third-order valence-electron chi connectivity index (χ3n) is 10.6. The van der Waals surface area contributed by atoms with Gasteiger partial charge in [0.1, 0.15) is 0 Å². The number of nitrogens with zero attached hydrogens (tertiary/aromatic N) is 1. The van der Waals surface area contributed by atoms with Crippen molar-refractivity contribution in [2.24, 2.45) is 40.4 Å². The van der Waals surface area contributed by atoms with Crippen molar-refractivity contribution in [1.82, 2.24) is 4.98 Å². The highest BCUT2D eigenvalue weighted by atomic mass is 16.3. The zero-order chi connectivity index (χ0) is 21.8. The second kappa shape index (κ2) is 8.01. The molecule has 5 rings (SSSR count). The molecule has 0 spiro atoms. The van der Waals surface area contributed by atoms with Gasteiger partial charge in [-0.2, -0.15) is 0 Å². The highest BCUT2D eigenvalue weighted by molar-refractivity contribution is 5.25. The summed E-state index contributed by atoms with van der Waals surface area (Å²) in [5.74, 6) is 4.28. The predicted octanol–water partition coefficient (Wildman–Crippen LogP) is 6.90. The van der Waals surface area contributed by atoms with Gasteiger partial charge in [-0.15, -0.1) is 0 Å². The smallest absolute Gasteiger partial charge is 0.0577 e. The third kappa shape index (κ3) is 3.62. The Kier molecular flexibility index (Phi) is 5.60. The maximum Gasteiger partial charge on any atom is 0.0577 e. The molecule has 1 heterocycles. The van der Waals surface area contributed by atoms with E-state index in [1.165, 1.54) is 50.6 Å². The molecule has 0 amide bonds. The predicted molar refractivity (Wildman–Crippen MR) is 128 cm³/mol. The van der Waals surface area contributed by atoms with Gasteiger partial charge in [0, 0.05) is 11.4 Å². The van der Waals surface area contributed by atoms with Gasteiger partial charge in [0.2, 0.25) is 0 Å². The second-order valence-electron chi connectivity index (χ2n) is 12.2. The second-order valence-corrected chi connectivity index (χ2v) is 12.2. The maximum absolute atomic E-state index is 10.2. The maximum atomic E-state index is 10.2. The lowest BCUT2D eigenvalue weighted by Crippen LogP contribution is -2.50. The molecule has 1 aromatic heterocycles. The molecule has 1 N–H and O–H groups in total. The molecular weight excluding hydrogens is 378 g/mol. The Morgan fingerprint density at radius 1 is 1.10 bits per heavy atom. The number of aliphatic hydroxyl groups is 1. The number of pyridine rings is 1. The number of aliphatic hydroxyl groups excluding tert-OH is 1. The Morgan fingerprint density at radius 2 is 1.94 bits per heavy atom. The van der Waals surface area contributed by atoms with Crippen LogP contribution in [0.1, 0.15) is 89.9 Å². The molecule has 4 aliphatic carbocycles. The van der Waals surface area contributed by atoms with Crippen molar-refractivity contribution < 1.29 is 5.11 Å². The van der Waals surface area contributed by atoms with E-state index in [0.29, 0.717) is 10.8 Å². The van der Waals surface area contributed by atoms with Crippen LogP contribution in [0.4, 0.5) is 0 Å². The number of fused-ring (bicyclic) bond motifs is 5. The van der Waals surface area contributed by atoms with Crippen LogP contribution in [0.2, 0.25) is 0 Å². The van der Waals surface area contributed by atoms with Gasteiger partial charge in [-0.25, -0.2) is 0 Å². The molecule has 2 nitrogen and oxygen atoms in total. The van der Waals surface area contributed by atoms with Gasteiger partial charge >= 0.3 is 0 Å². The molecule has 31 heavy (non-hydrogen) atoms. The van der Waals surface area contributed by atoms with Crippen molar-refractivity contribution in [3.05, 3.63) is 41.2 Å². The first-order chi connectivity index (χ1) is 14.8. The van der Waals surface area contributed by atoms with E-state index in [9.17, 15) is 5.11 Å². The topological polar surface area (TPSA) is 33.1 Å². The summed E-state index contributed by atoms with van der Waals surface area (Å²) in [7, 11) is 0. The number of allylic oxidation sites excluding steroid dienone is 1. The summed E-state index contributed by atoms with van der Waals surface area (Å²) >= 11 is 0. The monoisotopic (exact) mass is 421 g/mol. The third-order valence-corrected chi connectivity index (χ3v) is 10.6. The van der Waals surface area contributed by atoms with Crippen molar-refractivity contribution in [3.8, 4) is 0 Å². The fourth-order valence-electron chi connectivity index (χ4n) is 8.93. The fourth-order valence-corrected chi connectivity index (χ4v) is 8.93. The van der Waals surface area contributed by atoms with Gasteiger partial charge in [0.25, 0.3) is 0 Å². The number of hydrogen-bond acceptors (Lipinski definition) is 2. The number of hydrogen-bond donors (Lipinski definition) is 1.